The monoisotopic (exact) mass is 267 g/mol. The number of aliphatic hydroxyl groups excluding tert-OH is 1. The molecule has 2 aromatic rings. The molecule has 0 spiro atoms. The van der Waals surface area contributed by atoms with Crippen LogP contribution in [0.3, 0.4) is 0 Å². The summed E-state index contributed by atoms with van der Waals surface area (Å²) in [6, 6.07) is 5.90. The van der Waals surface area contributed by atoms with Crippen molar-refractivity contribution in [2.75, 3.05) is 13.7 Å². The number of nitrogens with zero attached hydrogens (tertiary/aromatic N) is 1. The van der Waals surface area contributed by atoms with E-state index in [1.165, 1.54) is 19.2 Å². The van der Waals surface area contributed by atoms with Gasteiger partial charge in [0.05, 0.1) is 7.11 Å². The van der Waals surface area contributed by atoms with Crippen molar-refractivity contribution in [2.24, 2.45) is 0 Å². The SMILES string of the molecule is COc1nc(-c2cccc(F)c2)sc1C(=O)CO. The molecule has 1 heterocycles. The number of Topliss-reactive ketones (excluding diaryl/α,β-unsaturated/α-hetero) is 1. The summed E-state index contributed by atoms with van der Waals surface area (Å²) in [7, 11) is 1.39. The topological polar surface area (TPSA) is 59.4 Å². The van der Waals surface area contributed by atoms with Crippen LogP contribution in [-0.2, 0) is 0 Å². The van der Waals surface area contributed by atoms with Gasteiger partial charge in [0, 0.05) is 5.56 Å². The highest BCUT2D eigenvalue weighted by molar-refractivity contribution is 7.17. The van der Waals surface area contributed by atoms with Crippen LogP contribution in [0.5, 0.6) is 5.88 Å². The predicted octanol–water partition coefficient (Wildman–Crippen LogP) is 2.13. The second-order valence-corrected chi connectivity index (χ2v) is 4.45. The summed E-state index contributed by atoms with van der Waals surface area (Å²) in [4.78, 5) is 15.8. The second-order valence-electron chi connectivity index (χ2n) is 3.45. The van der Waals surface area contributed by atoms with Gasteiger partial charge in [-0.3, -0.25) is 4.79 Å². The Morgan fingerprint density at radius 1 is 1.56 bits per heavy atom. The number of ketones is 1. The molecule has 0 saturated carbocycles. The molecule has 0 unspecified atom stereocenters. The van der Waals surface area contributed by atoms with Crippen LogP contribution in [0.25, 0.3) is 10.6 Å². The first-order valence-electron chi connectivity index (χ1n) is 5.10. The number of aromatic nitrogens is 1. The molecule has 0 amide bonds. The minimum absolute atomic E-state index is 0.151. The Morgan fingerprint density at radius 3 is 2.94 bits per heavy atom. The Bertz CT molecular complexity index is 582. The summed E-state index contributed by atoms with van der Waals surface area (Å²) in [5.41, 5.74) is 0.565. The maximum absolute atomic E-state index is 13.1. The van der Waals surface area contributed by atoms with Crippen molar-refractivity contribution >= 4 is 17.1 Å². The van der Waals surface area contributed by atoms with Crippen molar-refractivity contribution in [2.45, 2.75) is 0 Å². The molecule has 18 heavy (non-hydrogen) atoms. The van der Waals surface area contributed by atoms with Gasteiger partial charge in [-0.15, -0.1) is 11.3 Å². The maximum atomic E-state index is 13.1. The highest BCUT2D eigenvalue weighted by Gasteiger charge is 2.19. The summed E-state index contributed by atoms with van der Waals surface area (Å²) < 4.78 is 18.1. The van der Waals surface area contributed by atoms with E-state index >= 15 is 0 Å². The molecule has 1 N–H and O–H groups in total. The average molecular weight is 267 g/mol. The summed E-state index contributed by atoms with van der Waals surface area (Å²) in [6.07, 6.45) is 0. The van der Waals surface area contributed by atoms with E-state index < -0.39 is 12.4 Å². The van der Waals surface area contributed by atoms with Crippen molar-refractivity contribution in [3.63, 3.8) is 0 Å². The highest BCUT2D eigenvalue weighted by Crippen LogP contribution is 2.32. The van der Waals surface area contributed by atoms with Crippen molar-refractivity contribution in [3.05, 3.63) is 35.0 Å². The lowest BCUT2D eigenvalue weighted by Crippen LogP contribution is -2.03. The molecule has 94 valence electrons. The number of thiazole rings is 1. The van der Waals surface area contributed by atoms with Gasteiger partial charge in [0.2, 0.25) is 11.7 Å². The van der Waals surface area contributed by atoms with E-state index in [-0.39, 0.29) is 16.6 Å². The molecule has 2 rings (SSSR count). The molecular weight excluding hydrogens is 257 g/mol. The van der Waals surface area contributed by atoms with Gasteiger partial charge < -0.3 is 9.84 Å². The van der Waals surface area contributed by atoms with Gasteiger partial charge in [-0.05, 0) is 12.1 Å². The number of benzene rings is 1. The van der Waals surface area contributed by atoms with Gasteiger partial charge in [-0.2, -0.15) is 0 Å². The van der Waals surface area contributed by atoms with Gasteiger partial charge in [-0.25, -0.2) is 9.37 Å². The largest absolute Gasteiger partial charge is 0.480 e. The zero-order valence-electron chi connectivity index (χ0n) is 9.51. The van der Waals surface area contributed by atoms with Crippen LogP contribution in [0, 0.1) is 5.82 Å². The van der Waals surface area contributed by atoms with Gasteiger partial charge in [-0.1, -0.05) is 12.1 Å². The molecule has 0 aliphatic carbocycles. The Kier molecular flexibility index (Phi) is 3.69. The van der Waals surface area contributed by atoms with Crippen molar-refractivity contribution in [1.29, 1.82) is 0 Å². The van der Waals surface area contributed by atoms with E-state index in [9.17, 15) is 9.18 Å². The van der Waals surface area contributed by atoms with E-state index in [2.05, 4.69) is 4.98 Å². The zero-order chi connectivity index (χ0) is 13.1. The van der Waals surface area contributed by atoms with Crippen LogP contribution >= 0.6 is 11.3 Å². The second kappa shape index (κ2) is 5.24. The third kappa shape index (κ3) is 2.39. The molecular formula is C12H10FNO3S. The van der Waals surface area contributed by atoms with E-state index in [1.807, 2.05) is 0 Å². The Balaban J connectivity index is 2.47. The van der Waals surface area contributed by atoms with E-state index in [0.717, 1.165) is 11.3 Å². The van der Waals surface area contributed by atoms with Crippen molar-refractivity contribution in [3.8, 4) is 16.5 Å². The van der Waals surface area contributed by atoms with Crippen LogP contribution in [0.15, 0.2) is 24.3 Å². The summed E-state index contributed by atoms with van der Waals surface area (Å²) in [5.74, 6) is -0.693. The molecule has 0 fully saturated rings. The Hall–Kier alpha value is -1.79. The average Bonchev–Trinajstić information content (AvgIpc) is 2.82. The fraction of sp³-hybridized carbons (Fsp3) is 0.167. The van der Waals surface area contributed by atoms with Crippen LogP contribution in [0.2, 0.25) is 0 Å². The normalized spacial score (nSPS) is 10.4. The van der Waals surface area contributed by atoms with Crippen LogP contribution in [0.1, 0.15) is 9.67 Å². The number of halogens is 1. The summed E-state index contributed by atoms with van der Waals surface area (Å²) in [6.45, 7) is -0.610. The molecule has 0 aliphatic heterocycles. The highest BCUT2D eigenvalue weighted by atomic mass is 32.1. The van der Waals surface area contributed by atoms with E-state index in [0.29, 0.717) is 10.6 Å². The third-order valence-corrected chi connectivity index (χ3v) is 3.38. The zero-order valence-corrected chi connectivity index (χ0v) is 10.3. The van der Waals surface area contributed by atoms with Crippen LogP contribution in [0.4, 0.5) is 4.39 Å². The predicted molar refractivity (Wildman–Crippen MR) is 65.5 cm³/mol. The smallest absolute Gasteiger partial charge is 0.236 e. The Labute approximate surface area is 107 Å². The van der Waals surface area contributed by atoms with Gasteiger partial charge >= 0.3 is 0 Å². The quantitative estimate of drug-likeness (QED) is 0.862. The minimum Gasteiger partial charge on any atom is -0.480 e. The molecule has 0 radical (unpaired) electrons. The number of methoxy groups -OCH3 is 1. The first-order chi connectivity index (χ1) is 8.65. The molecule has 0 bridgehead atoms. The first-order valence-corrected chi connectivity index (χ1v) is 5.92. The lowest BCUT2D eigenvalue weighted by Gasteiger charge is -1.95. The maximum Gasteiger partial charge on any atom is 0.236 e. The molecule has 0 aliphatic rings. The fourth-order valence-corrected chi connectivity index (χ4v) is 2.40. The van der Waals surface area contributed by atoms with Crippen LogP contribution in [-0.4, -0.2) is 29.6 Å². The van der Waals surface area contributed by atoms with Crippen molar-refractivity contribution in [1.82, 2.24) is 4.98 Å². The van der Waals surface area contributed by atoms with E-state index in [1.54, 1.807) is 12.1 Å². The fourth-order valence-electron chi connectivity index (χ4n) is 1.44. The third-order valence-electron chi connectivity index (χ3n) is 2.26. The van der Waals surface area contributed by atoms with Gasteiger partial charge in [0.25, 0.3) is 0 Å². The first kappa shape index (κ1) is 12.7. The lowest BCUT2D eigenvalue weighted by atomic mass is 10.2. The summed E-state index contributed by atoms with van der Waals surface area (Å²) in [5, 5.41) is 9.32. The van der Waals surface area contributed by atoms with Crippen LogP contribution < -0.4 is 4.74 Å². The van der Waals surface area contributed by atoms with Crippen molar-refractivity contribution < 1.29 is 19.0 Å². The molecule has 0 atom stereocenters. The number of aliphatic hydroxyl groups is 1. The molecule has 4 nitrogen and oxygen atoms in total. The molecule has 6 heteroatoms. The molecule has 0 saturated heterocycles. The number of carbonyl (C=O) groups excluding carboxylic acids is 1. The molecule has 1 aromatic carbocycles. The standard InChI is InChI=1S/C12H10FNO3S/c1-17-11-10(9(16)6-15)18-12(14-11)7-3-2-4-8(13)5-7/h2-5,15H,6H2,1H3. The van der Waals surface area contributed by atoms with E-state index in [4.69, 9.17) is 9.84 Å². The minimum atomic E-state index is -0.610. The Morgan fingerprint density at radius 2 is 2.33 bits per heavy atom. The van der Waals surface area contributed by atoms with Gasteiger partial charge in [0.1, 0.15) is 22.3 Å². The number of hydrogen-bond acceptors (Lipinski definition) is 5. The molecule has 1 aromatic heterocycles. The lowest BCUT2D eigenvalue weighted by molar-refractivity contribution is 0.0904. The number of hydrogen-bond donors (Lipinski definition) is 1. The van der Waals surface area contributed by atoms with Gasteiger partial charge in [0.15, 0.2) is 0 Å². The number of ether oxygens (including phenoxy) is 1. The number of rotatable bonds is 4. The number of carbonyl (C=O) groups is 1. The summed E-state index contributed by atoms with van der Waals surface area (Å²) >= 11 is 1.07.